The SMILES string of the molecule is Cc1cc(NC(=O)c2cc(=O)c3ccccc3o2)ccc1N1CCCCC1=O. The topological polar surface area (TPSA) is 79.6 Å². The zero-order valence-corrected chi connectivity index (χ0v) is 15.5. The lowest BCUT2D eigenvalue weighted by molar-refractivity contribution is -0.119. The van der Waals surface area contributed by atoms with E-state index in [-0.39, 0.29) is 17.1 Å². The van der Waals surface area contributed by atoms with Crippen molar-refractivity contribution in [2.45, 2.75) is 26.2 Å². The number of rotatable bonds is 3. The van der Waals surface area contributed by atoms with Crippen LogP contribution in [0.3, 0.4) is 0 Å². The van der Waals surface area contributed by atoms with Crippen molar-refractivity contribution in [3.8, 4) is 0 Å². The zero-order chi connectivity index (χ0) is 19.7. The van der Waals surface area contributed by atoms with Crippen LogP contribution in [0.2, 0.25) is 0 Å². The Bertz CT molecular complexity index is 1130. The van der Waals surface area contributed by atoms with Gasteiger partial charge in [0.1, 0.15) is 5.58 Å². The standard InChI is InChI=1S/C22H20N2O4/c1-14-12-15(9-10-17(14)24-11-5-4-8-21(24)26)23-22(27)20-13-18(25)16-6-2-3-7-19(16)28-20/h2-3,6-7,9-10,12-13H,4-5,8,11H2,1H3,(H,23,27). The van der Waals surface area contributed by atoms with Crippen molar-refractivity contribution in [3.63, 3.8) is 0 Å². The summed E-state index contributed by atoms with van der Waals surface area (Å²) in [5.74, 6) is -0.412. The minimum atomic E-state index is -0.496. The van der Waals surface area contributed by atoms with E-state index in [4.69, 9.17) is 4.42 Å². The second-order valence-corrected chi connectivity index (χ2v) is 6.93. The maximum Gasteiger partial charge on any atom is 0.291 e. The fourth-order valence-corrected chi connectivity index (χ4v) is 3.51. The number of fused-ring (bicyclic) bond motifs is 1. The molecule has 0 spiro atoms. The molecule has 0 radical (unpaired) electrons. The first kappa shape index (κ1) is 18.0. The van der Waals surface area contributed by atoms with Gasteiger partial charge in [-0.3, -0.25) is 14.4 Å². The molecule has 0 atom stereocenters. The van der Waals surface area contributed by atoms with Gasteiger partial charge in [0.05, 0.1) is 5.39 Å². The minimum absolute atomic E-state index is 0.0448. The lowest BCUT2D eigenvalue weighted by Crippen LogP contribution is -2.35. The quantitative estimate of drug-likeness (QED) is 0.752. The third-order valence-electron chi connectivity index (χ3n) is 4.93. The number of carbonyl (C=O) groups excluding carboxylic acids is 2. The molecular weight excluding hydrogens is 356 g/mol. The summed E-state index contributed by atoms with van der Waals surface area (Å²) in [5.41, 5.74) is 2.44. The molecule has 4 rings (SSSR count). The molecule has 28 heavy (non-hydrogen) atoms. The van der Waals surface area contributed by atoms with Crippen molar-refractivity contribution in [1.29, 1.82) is 0 Å². The Morgan fingerprint density at radius 1 is 1.07 bits per heavy atom. The fourth-order valence-electron chi connectivity index (χ4n) is 3.51. The summed E-state index contributed by atoms with van der Waals surface area (Å²) in [6.45, 7) is 2.62. The fraction of sp³-hybridized carbons (Fsp3) is 0.227. The van der Waals surface area contributed by atoms with Gasteiger partial charge in [0, 0.05) is 30.4 Å². The van der Waals surface area contributed by atoms with E-state index < -0.39 is 5.91 Å². The van der Waals surface area contributed by atoms with Crippen LogP contribution in [0, 0.1) is 6.92 Å². The van der Waals surface area contributed by atoms with E-state index in [9.17, 15) is 14.4 Å². The van der Waals surface area contributed by atoms with Gasteiger partial charge in [0.2, 0.25) is 5.91 Å². The van der Waals surface area contributed by atoms with Crippen molar-refractivity contribution in [1.82, 2.24) is 0 Å². The van der Waals surface area contributed by atoms with Crippen LogP contribution < -0.4 is 15.6 Å². The summed E-state index contributed by atoms with van der Waals surface area (Å²) in [4.78, 5) is 38.7. The Kier molecular flexibility index (Phi) is 4.69. The minimum Gasteiger partial charge on any atom is -0.451 e. The van der Waals surface area contributed by atoms with Crippen LogP contribution in [0.25, 0.3) is 11.0 Å². The molecule has 1 saturated heterocycles. The van der Waals surface area contributed by atoms with Crippen molar-refractivity contribution in [2.24, 2.45) is 0 Å². The molecule has 1 N–H and O–H groups in total. The number of hydrogen-bond acceptors (Lipinski definition) is 4. The van der Waals surface area contributed by atoms with Crippen molar-refractivity contribution < 1.29 is 14.0 Å². The van der Waals surface area contributed by atoms with Gasteiger partial charge in [-0.1, -0.05) is 12.1 Å². The van der Waals surface area contributed by atoms with Crippen LogP contribution in [0.5, 0.6) is 0 Å². The summed E-state index contributed by atoms with van der Waals surface area (Å²) in [7, 11) is 0. The van der Waals surface area contributed by atoms with Crippen LogP contribution in [0.4, 0.5) is 11.4 Å². The second-order valence-electron chi connectivity index (χ2n) is 6.93. The van der Waals surface area contributed by atoms with E-state index >= 15 is 0 Å². The van der Waals surface area contributed by atoms with Crippen molar-refractivity contribution in [2.75, 3.05) is 16.8 Å². The number of hydrogen-bond donors (Lipinski definition) is 1. The first-order valence-electron chi connectivity index (χ1n) is 9.28. The molecule has 2 heterocycles. The summed E-state index contributed by atoms with van der Waals surface area (Å²) < 4.78 is 5.57. The van der Waals surface area contributed by atoms with Crippen LogP contribution >= 0.6 is 0 Å². The van der Waals surface area contributed by atoms with Crippen molar-refractivity contribution in [3.05, 3.63) is 70.1 Å². The smallest absolute Gasteiger partial charge is 0.291 e. The molecular formula is C22H20N2O4. The van der Waals surface area contributed by atoms with Crippen LogP contribution in [-0.4, -0.2) is 18.4 Å². The molecule has 0 saturated carbocycles. The molecule has 1 aliphatic heterocycles. The van der Waals surface area contributed by atoms with Gasteiger partial charge < -0.3 is 14.6 Å². The molecule has 6 heteroatoms. The van der Waals surface area contributed by atoms with Gasteiger partial charge in [0.25, 0.3) is 5.91 Å². The monoisotopic (exact) mass is 376 g/mol. The number of nitrogens with one attached hydrogen (secondary N) is 1. The lowest BCUT2D eigenvalue weighted by atomic mass is 10.1. The first-order chi connectivity index (χ1) is 13.5. The molecule has 2 amide bonds. The van der Waals surface area contributed by atoms with Gasteiger partial charge in [-0.05, 0) is 55.7 Å². The highest BCUT2D eigenvalue weighted by Gasteiger charge is 2.21. The maximum atomic E-state index is 12.6. The number of amides is 2. The normalized spacial score (nSPS) is 14.3. The number of anilines is 2. The number of nitrogens with zero attached hydrogens (tertiary/aromatic N) is 1. The second kappa shape index (κ2) is 7.31. The average molecular weight is 376 g/mol. The summed E-state index contributed by atoms with van der Waals surface area (Å²) >= 11 is 0. The van der Waals surface area contributed by atoms with Gasteiger partial charge in [-0.2, -0.15) is 0 Å². The maximum absolute atomic E-state index is 12.6. The van der Waals surface area contributed by atoms with Crippen LogP contribution in [0.1, 0.15) is 35.4 Å². The van der Waals surface area contributed by atoms with Crippen molar-refractivity contribution >= 4 is 34.2 Å². The average Bonchev–Trinajstić information content (AvgIpc) is 2.69. The highest BCUT2D eigenvalue weighted by Crippen LogP contribution is 2.27. The van der Waals surface area contributed by atoms with E-state index in [1.54, 1.807) is 35.2 Å². The molecule has 1 aliphatic rings. The van der Waals surface area contributed by atoms with E-state index in [1.807, 2.05) is 19.1 Å². The summed E-state index contributed by atoms with van der Waals surface area (Å²) in [5, 5.41) is 3.19. The highest BCUT2D eigenvalue weighted by molar-refractivity contribution is 6.03. The van der Waals surface area contributed by atoms with E-state index in [1.165, 1.54) is 6.07 Å². The molecule has 3 aromatic rings. The molecule has 1 aromatic heterocycles. The van der Waals surface area contributed by atoms with Gasteiger partial charge in [0.15, 0.2) is 11.2 Å². The van der Waals surface area contributed by atoms with Crippen LogP contribution in [-0.2, 0) is 4.79 Å². The van der Waals surface area contributed by atoms with Gasteiger partial charge in [-0.25, -0.2) is 0 Å². The van der Waals surface area contributed by atoms with E-state index in [0.29, 0.717) is 29.6 Å². The third kappa shape index (κ3) is 3.41. The van der Waals surface area contributed by atoms with Gasteiger partial charge in [-0.15, -0.1) is 0 Å². The Labute approximate surface area is 161 Å². The molecule has 0 aliphatic carbocycles. The highest BCUT2D eigenvalue weighted by atomic mass is 16.3. The number of benzene rings is 2. The van der Waals surface area contributed by atoms with Gasteiger partial charge >= 0.3 is 0 Å². The molecule has 2 aromatic carbocycles. The van der Waals surface area contributed by atoms with Crippen LogP contribution in [0.15, 0.2) is 57.7 Å². The Morgan fingerprint density at radius 2 is 1.89 bits per heavy atom. The molecule has 0 unspecified atom stereocenters. The lowest BCUT2D eigenvalue weighted by Gasteiger charge is -2.28. The summed E-state index contributed by atoms with van der Waals surface area (Å²) in [6, 6.07) is 13.4. The molecule has 0 bridgehead atoms. The zero-order valence-electron chi connectivity index (χ0n) is 15.5. The predicted octanol–water partition coefficient (Wildman–Crippen LogP) is 3.87. The van der Waals surface area contributed by atoms with E-state index in [0.717, 1.165) is 24.1 Å². The number of para-hydroxylation sites is 1. The largest absolute Gasteiger partial charge is 0.451 e. The number of carbonyl (C=O) groups is 2. The molecule has 1 fully saturated rings. The predicted molar refractivity (Wildman–Crippen MR) is 108 cm³/mol. The molecule has 6 nitrogen and oxygen atoms in total. The Hall–Kier alpha value is -3.41. The first-order valence-corrected chi connectivity index (χ1v) is 9.28. The summed E-state index contributed by atoms with van der Waals surface area (Å²) in [6.07, 6.45) is 2.49. The van der Waals surface area contributed by atoms with E-state index in [2.05, 4.69) is 5.32 Å². The molecule has 142 valence electrons. The third-order valence-corrected chi connectivity index (χ3v) is 4.93. The Balaban J connectivity index is 1.57. The number of aryl methyl sites for hydroxylation is 1. The number of piperidine rings is 1. The Morgan fingerprint density at radius 3 is 2.68 bits per heavy atom.